The lowest BCUT2D eigenvalue weighted by molar-refractivity contribution is 0.268. The normalized spacial score (nSPS) is 12.6. The average Bonchev–Trinajstić information content (AvgIpc) is 2.37. The van der Waals surface area contributed by atoms with E-state index in [4.69, 9.17) is 5.73 Å². The van der Waals surface area contributed by atoms with Crippen molar-refractivity contribution in [3.05, 3.63) is 23.8 Å². The summed E-state index contributed by atoms with van der Waals surface area (Å²) in [5.41, 5.74) is 7.65. The highest BCUT2D eigenvalue weighted by molar-refractivity contribution is 5.92. The number of aliphatic hydroxyl groups excluding tert-OH is 1. The van der Waals surface area contributed by atoms with Crippen molar-refractivity contribution in [1.82, 2.24) is 9.97 Å². The standard InChI is InChI=1S/C14H20N4O/c1-3-5-10(8-19)16-13-12-9(2)6-4-7-11(12)17-14(15)18-13/h4,6-7,10,19H,3,5,8H2,1-2H3,(H3,15,16,17,18)/t10-/m0/s1. The summed E-state index contributed by atoms with van der Waals surface area (Å²) < 4.78 is 0. The Morgan fingerprint density at radius 1 is 1.37 bits per heavy atom. The maximum atomic E-state index is 9.39. The fraction of sp³-hybridized carbons (Fsp3) is 0.429. The summed E-state index contributed by atoms with van der Waals surface area (Å²) in [6.45, 7) is 4.17. The third-order valence-corrected chi connectivity index (χ3v) is 3.15. The molecular weight excluding hydrogens is 240 g/mol. The van der Waals surface area contributed by atoms with E-state index in [1.54, 1.807) is 0 Å². The van der Waals surface area contributed by atoms with E-state index >= 15 is 0 Å². The molecule has 1 heterocycles. The molecule has 0 saturated carbocycles. The molecule has 0 aliphatic heterocycles. The number of anilines is 2. The number of nitrogens with zero attached hydrogens (tertiary/aromatic N) is 2. The summed E-state index contributed by atoms with van der Waals surface area (Å²) in [5, 5.41) is 13.6. The molecule has 5 nitrogen and oxygen atoms in total. The molecule has 102 valence electrons. The van der Waals surface area contributed by atoms with Crippen LogP contribution in [0.3, 0.4) is 0 Å². The fourth-order valence-electron chi connectivity index (χ4n) is 2.23. The van der Waals surface area contributed by atoms with Crippen molar-refractivity contribution in [2.24, 2.45) is 0 Å². The first-order valence-electron chi connectivity index (χ1n) is 6.56. The Bertz CT molecular complexity index is 571. The number of rotatable bonds is 5. The first-order valence-corrected chi connectivity index (χ1v) is 6.56. The Labute approximate surface area is 112 Å². The number of nitrogens with one attached hydrogen (secondary N) is 1. The van der Waals surface area contributed by atoms with Crippen molar-refractivity contribution in [1.29, 1.82) is 0 Å². The number of aryl methyl sites for hydroxylation is 1. The molecule has 0 fully saturated rings. The van der Waals surface area contributed by atoms with Gasteiger partial charge in [-0.15, -0.1) is 0 Å². The van der Waals surface area contributed by atoms with Gasteiger partial charge >= 0.3 is 0 Å². The smallest absolute Gasteiger partial charge is 0.222 e. The second-order valence-corrected chi connectivity index (χ2v) is 4.71. The Kier molecular flexibility index (Phi) is 4.16. The average molecular weight is 260 g/mol. The summed E-state index contributed by atoms with van der Waals surface area (Å²) in [7, 11) is 0. The van der Waals surface area contributed by atoms with Crippen LogP contribution in [0.1, 0.15) is 25.3 Å². The highest BCUT2D eigenvalue weighted by atomic mass is 16.3. The van der Waals surface area contributed by atoms with Gasteiger partial charge in [0.25, 0.3) is 0 Å². The SMILES string of the molecule is CCC[C@@H](CO)Nc1nc(N)nc2cccc(C)c12. The molecule has 2 aromatic rings. The lowest BCUT2D eigenvalue weighted by Crippen LogP contribution is -2.24. The molecule has 0 bridgehead atoms. The minimum Gasteiger partial charge on any atom is -0.394 e. The van der Waals surface area contributed by atoms with Crippen LogP contribution in [-0.2, 0) is 0 Å². The quantitative estimate of drug-likeness (QED) is 0.766. The van der Waals surface area contributed by atoms with Crippen LogP contribution in [0.25, 0.3) is 10.9 Å². The van der Waals surface area contributed by atoms with Crippen LogP contribution in [-0.4, -0.2) is 27.7 Å². The van der Waals surface area contributed by atoms with Crippen LogP contribution >= 0.6 is 0 Å². The molecular formula is C14H20N4O. The van der Waals surface area contributed by atoms with Crippen LogP contribution in [0.5, 0.6) is 0 Å². The zero-order chi connectivity index (χ0) is 13.8. The molecule has 0 unspecified atom stereocenters. The van der Waals surface area contributed by atoms with E-state index in [9.17, 15) is 5.11 Å². The summed E-state index contributed by atoms with van der Waals surface area (Å²) in [6.07, 6.45) is 1.88. The van der Waals surface area contributed by atoms with E-state index in [0.717, 1.165) is 29.3 Å². The number of nitrogen functional groups attached to an aromatic ring is 1. The number of fused-ring (bicyclic) bond motifs is 1. The number of hydrogen-bond donors (Lipinski definition) is 3. The second-order valence-electron chi connectivity index (χ2n) is 4.71. The number of nitrogens with two attached hydrogens (primary N) is 1. The maximum Gasteiger partial charge on any atom is 0.222 e. The lowest BCUT2D eigenvalue weighted by Gasteiger charge is -2.18. The van der Waals surface area contributed by atoms with Gasteiger partial charge in [0, 0.05) is 5.39 Å². The topological polar surface area (TPSA) is 84.1 Å². The molecule has 1 aromatic carbocycles. The highest BCUT2D eigenvalue weighted by Crippen LogP contribution is 2.25. The monoisotopic (exact) mass is 260 g/mol. The summed E-state index contributed by atoms with van der Waals surface area (Å²) >= 11 is 0. The van der Waals surface area contributed by atoms with Crippen LogP contribution in [0.4, 0.5) is 11.8 Å². The molecule has 5 heteroatoms. The van der Waals surface area contributed by atoms with Crippen molar-refractivity contribution in [2.45, 2.75) is 32.7 Å². The molecule has 1 aromatic heterocycles. The van der Waals surface area contributed by atoms with Crippen molar-refractivity contribution < 1.29 is 5.11 Å². The Hall–Kier alpha value is -1.88. The molecule has 1 atom stereocenters. The van der Waals surface area contributed by atoms with E-state index in [-0.39, 0.29) is 18.6 Å². The zero-order valence-corrected chi connectivity index (χ0v) is 11.3. The predicted octanol–water partition coefficient (Wildman–Crippen LogP) is 2.09. The van der Waals surface area contributed by atoms with Crippen LogP contribution in [0.15, 0.2) is 18.2 Å². The molecule has 0 amide bonds. The number of aliphatic hydroxyl groups is 1. The zero-order valence-electron chi connectivity index (χ0n) is 11.3. The molecule has 0 aliphatic rings. The van der Waals surface area contributed by atoms with Crippen molar-refractivity contribution >= 4 is 22.7 Å². The molecule has 0 spiro atoms. The van der Waals surface area contributed by atoms with Gasteiger partial charge in [-0.3, -0.25) is 0 Å². The van der Waals surface area contributed by atoms with Crippen molar-refractivity contribution in [3.8, 4) is 0 Å². The molecule has 0 saturated heterocycles. The van der Waals surface area contributed by atoms with Gasteiger partial charge in [0.1, 0.15) is 5.82 Å². The summed E-state index contributed by atoms with van der Waals surface area (Å²) in [6, 6.07) is 5.87. The number of hydrogen-bond acceptors (Lipinski definition) is 5. The van der Waals surface area contributed by atoms with E-state index in [2.05, 4.69) is 22.2 Å². The molecule has 2 rings (SSSR count). The molecule has 4 N–H and O–H groups in total. The minimum atomic E-state index is -0.0119. The van der Waals surface area contributed by atoms with Gasteiger partial charge < -0.3 is 16.2 Å². The summed E-state index contributed by atoms with van der Waals surface area (Å²) in [4.78, 5) is 8.52. The Morgan fingerprint density at radius 2 is 2.16 bits per heavy atom. The highest BCUT2D eigenvalue weighted by Gasteiger charge is 2.12. The third kappa shape index (κ3) is 2.93. The van der Waals surface area contributed by atoms with Crippen molar-refractivity contribution in [2.75, 3.05) is 17.7 Å². The molecule has 19 heavy (non-hydrogen) atoms. The fourth-order valence-corrected chi connectivity index (χ4v) is 2.23. The van der Waals surface area contributed by atoms with Crippen LogP contribution in [0, 0.1) is 6.92 Å². The first kappa shape index (κ1) is 13.5. The molecule has 0 aliphatic carbocycles. The lowest BCUT2D eigenvalue weighted by atomic mass is 10.1. The Morgan fingerprint density at radius 3 is 2.84 bits per heavy atom. The van der Waals surface area contributed by atoms with E-state index < -0.39 is 0 Å². The van der Waals surface area contributed by atoms with Gasteiger partial charge in [0.2, 0.25) is 5.95 Å². The van der Waals surface area contributed by atoms with E-state index in [0.29, 0.717) is 5.82 Å². The Balaban J connectivity index is 2.46. The van der Waals surface area contributed by atoms with Gasteiger partial charge in [-0.05, 0) is 25.0 Å². The van der Waals surface area contributed by atoms with Gasteiger partial charge in [-0.1, -0.05) is 25.5 Å². The van der Waals surface area contributed by atoms with Gasteiger partial charge in [-0.25, -0.2) is 4.98 Å². The van der Waals surface area contributed by atoms with Crippen LogP contribution in [0.2, 0.25) is 0 Å². The van der Waals surface area contributed by atoms with Gasteiger partial charge in [-0.2, -0.15) is 4.98 Å². The van der Waals surface area contributed by atoms with Crippen LogP contribution < -0.4 is 11.1 Å². The maximum absolute atomic E-state index is 9.39. The van der Waals surface area contributed by atoms with Crippen molar-refractivity contribution in [3.63, 3.8) is 0 Å². The second kappa shape index (κ2) is 5.84. The van der Waals surface area contributed by atoms with Gasteiger partial charge in [0.05, 0.1) is 18.2 Å². The van der Waals surface area contributed by atoms with E-state index in [1.807, 2.05) is 25.1 Å². The minimum absolute atomic E-state index is 0.0119. The molecule has 0 radical (unpaired) electrons. The first-order chi connectivity index (χ1) is 9.15. The largest absolute Gasteiger partial charge is 0.394 e. The number of aromatic nitrogens is 2. The summed E-state index contributed by atoms with van der Waals surface area (Å²) in [5.74, 6) is 0.946. The van der Waals surface area contributed by atoms with E-state index in [1.165, 1.54) is 0 Å². The third-order valence-electron chi connectivity index (χ3n) is 3.15. The predicted molar refractivity (Wildman–Crippen MR) is 78.1 cm³/mol. The number of benzene rings is 1. The van der Waals surface area contributed by atoms with Gasteiger partial charge in [0.15, 0.2) is 0 Å².